The van der Waals surface area contributed by atoms with Gasteiger partial charge in [-0.05, 0) is 83.4 Å². The molecule has 0 N–H and O–H groups in total. The van der Waals surface area contributed by atoms with Gasteiger partial charge in [-0.1, -0.05) is 73.7 Å². The van der Waals surface area contributed by atoms with E-state index >= 15 is 0 Å². The van der Waals surface area contributed by atoms with Gasteiger partial charge in [-0.3, -0.25) is 4.98 Å². The van der Waals surface area contributed by atoms with Gasteiger partial charge in [0, 0.05) is 41.7 Å². The molecule has 0 atom stereocenters. The summed E-state index contributed by atoms with van der Waals surface area (Å²) in [4.78, 5) is 4.65. The topological polar surface area (TPSA) is 49.8 Å². The lowest BCUT2D eigenvalue weighted by Crippen LogP contribution is -2.30. The number of para-hydroxylation sites is 1. The summed E-state index contributed by atoms with van der Waals surface area (Å²) in [5.41, 5.74) is 5.42. The standard InChI is InChI=1S/C36H32N2OSi/c1-23-22-38-33(20-32(23)25-15-17-40(2,3)18-16-25)31-10-6-9-29-30-14-13-28(21-37)34(36(30)39-35(29)31)27-12-11-24-7-4-5-8-26(24)19-27/h4-14,19-20,22,25H,15-18H2,1-3H3/i1D3,25D. The van der Waals surface area contributed by atoms with E-state index < -0.39 is 20.8 Å². The number of fused-ring (bicyclic) bond motifs is 4. The number of benzene rings is 4. The smallest absolute Gasteiger partial charge is 0.144 e. The zero-order valence-electron chi connectivity index (χ0n) is 26.7. The molecule has 0 unspecified atom stereocenters. The summed E-state index contributed by atoms with van der Waals surface area (Å²) in [6.07, 6.45) is 2.75. The van der Waals surface area contributed by atoms with Gasteiger partial charge >= 0.3 is 0 Å². The second kappa shape index (κ2) is 9.47. The summed E-state index contributed by atoms with van der Waals surface area (Å²) >= 11 is 0. The molecule has 0 aliphatic carbocycles. The number of aryl methyl sites for hydroxylation is 1. The van der Waals surface area contributed by atoms with Gasteiger partial charge in [0.2, 0.25) is 0 Å². The van der Waals surface area contributed by atoms with Gasteiger partial charge in [0.1, 0.15) is 11.2 Å². The fraction of sp³-hybridized carbons (Fsp3) is 0.222. The number of aromatic nitrogens is 1. The molecule has 1 aliphatic rings. The SMILES string of the molecule is [2H]C([2H])([2H])c1cnc(-c2cccc3c2oc2c(-c4ccc5ccccc5c4)c(C#N)ccc23)cc1C1([2H])CC[Si](C)(C)CC1. The minimum Gasteiger partial charge on any atom is -0.455 e. The molecule has 2 aromatic heterocycles. The molecule has 7 rings (SSSR count). The monoisotopic (exact) mass is 540 g/mol. The van der Waals surface area contributed by atoms with E-state index in [1.165, 1.54) is 6.20 Å². The van der Waals surface area contributed by atoms with Crippen LogP contribution in [0.15, 0.2) is 89.5 Å². The Morgan fingerprint density at radius 2 is 1.73 bits per heavy atom. The molecule has 0 bridgehead atoms. The van der Waals surface area contributed by atoms with Gasteiger partial charge in [-0.25, -0.2) is 0 Å². The van der Waals surface area contributed by atoms with Crippen molar-refractivity contribution in [3.8, 4) is 28.5 Å². The number of furan rings is 1. The van der Waals surface area contributed by atoms with E-state index in [1.54, 1.807) is 0 Å². The summed E-state index contributed by atoms with van der Waals surface area (Å²) in [5.74, 6) is -0.976. The number of nitriles is 1. The quantitative estimate of drug-likeness (QED) is 0.210. The first-order valence-electron chi connectivity index (χ1n) is 15.9. The molecular weight excluding hydrogens is 504 g/mol. The second-order valence-corrected chi connectivity index (χ2v) is 17.0. The number of rotatable bonds is 3. The van der Waals surface area contributed by atoms with Crippen molar-refractivity contribution < 1.29 is 9.90 Å². The average Bonchev–Trinajstić information content (AvgIpc) is 3.40. The van der Waals surface area contributed by atoms with Gasteiger partial charge in [0.25, 0.3) is 0 Å². The predicted octanol–water partition coefficient (Wildman–Crippen LogP) is 10.2. The number of hydrogen-bond acceptors (Lipinski definition) is 3. The third-order valence-electron chi connectivity index (χ3n) is 8.59. The van der Waals surface area contributed by atoms with E-state index in [0.29, 0.717) is 40.8 Å². The first-order chi connectivity index (χ1) is 21.0. The van der Waals surface area contributed by atoms with Crippen LogP contribution >= 0.6 is 0 Å². The number of pyridine rings is 1. The van der Waals surface area contributed by atoms with Gasteiger partial charge in [-0.15, -0.1) is 0 Å². The number of hydrogen-bond donors (Lipinski definition) is 0. The van der Waals surface area contributed by atoms with Crippen LogP contribution < -0.4 is 0 Å². The van der Waals surface area contributed by atoms with Gasteiger partial charge < -0.3 is 4.42 Å². The Labute approximate surface area is 241 Å². The van der Waals surface area contributed by atoms with E-state index in [2.05, 4.69) is 48.4 Å². The van der Waals surface area contributed by atoms with E-state index in [4.69, 9.17) is 8.53 Å². The molecule has 0 radical (unpaired) electrons. The highest BCUT2D eigenvalue weighted by Crippen LogP contribution is 2.43. The van der Waals surface area contributed by atoms with Crippen LogP contribution in [0.1, 0.15) is 40.9 Å². The molecular formula is C36H32N2OSi. The third-order valence-corrected chi connectivity index (χ3v) is 11.8. The van der Waals surface area contributed by atoms with E-state index in [0.717, 1.165) is 50.3 Å². The van der Waals surface area contributed by atoms with E-state index in [-0.39, 0.29) is 5.56 Å². The zero-order valence-corrected chi connectivity index (χ0v) is 23.7. The second-order valence-electron chi connectivity index (χ2n) is 11.7. The summed E-state index contributed by atoms with van der Waals surface area (Å²) in [5, 5.41) is 14.1. The van der Waals surface area contributed by atoms with Crippen LogP contribution in [0.3, 0.4) is 0 Å². The van der Waals surface area contributed by atoms with E-state index in [1.807, 2.05) is 54.6 Å². The Morgan fingerprint density at radius 1 is 0.925 bits per heavy atom. The Balaban J connectivity index is 1.44. The van der Waals surface area contributed by atoms with Crippen molar-refractivity contribution in [3.63, 3.8) is 0 Å². The Hall–Kier alpha value is -4.20. The van der Waals surface area contributed by atoms with Gasteiger partial charge in [0.05, 0.1) is 17.3 Å². The van der Waals surface area contributed by atoms with Gasteiger partial charge in [-0.2, -0.15) is 5.26 Å². The normalized spacial score (nSPS) is 18.1. The van der Waals surface area contributed by atoms with Crippen molar-refractivity contribution >= 4 is 40.8 Å². The van der Waals surface area contributed by atoms with Crippen LogP contribution in [0.4, 0.5) is 0 Å². The van der Waals surface area contributed by atoms with Crippen LogP contribution in [-0.2, 0) is 0 Å². The molecule has 1 aliphatic heterocycles. The molecule has 0 amide bonds. The lowest BCUT2D eigenvalue weighted by molar-refractivity contribution is 0.598. The molecule has 3 heterocycles. The zero-order chi connectivity index (χ0) is 30.9. The first-order valence-corrected chi connectivity index (χ1v) is 17.3. The maximum Gasteiger partial charge on any atom is 0.144 e. The highest BCUT2D eigenvalue weighted by Gasteiger charge is 2.30. The Kier molecular flexibility index (Phi) is 4.89. The minimum atomic E-state index is -2.37. The fourth-order valence-corrected chi connectivity index (χ4v) is 8.39. The Morgan fingerprint density at radius 3 is 2.52 bits per heavy atom. The lowest BCUT2D eigenvalue weighted by Gasteiger charge is -2.33. The van der Waals surface area contributed by atoms with Gasteiger partial charge in [0.15, 0.2) is 0 Å². The van der Waals surface area contributed by atoms with Crippen molar-refractivity contribution in [1.29, 1.82) is 5.26 Å². The molecule has 1 saturated heterocycles. The van der Waals surface area contributed by atoms with Crippen LogP contribution in [0, 0.1) is 18.2 Å². The molecule has 3 nitrogen and oxygen atoms in total. The van der Waals surface area contributed by atoms with Crippen molar-refractivity contribution in [3.05, 3.63) is 102 Å². The molecule has 196 valence electrons. The molecule has 0 saturated carbocycles. The summed E-state index contributed by atoms with van der Waals surface area (Å²) in [6, 6.07) is 30.1. The maximum atomic E-state index is 10.1. The first kappa shape index (κ1) is 20.7. The highest BCUT2D eigenvalue weighted by atomic mass is 28.3. The minimum absolute atomic E-state index is 0.159. The maximum absolute atomic E-state index is 10.1. The third kappa shape index (κ3) is 4.13. The summed E-state index contributed by atoms with van der Waals surface area (Å²) in [7, 11) is -1.38. The van der Waals surface area contributed by atoms with Crippen LogP contribution in [0.5, 0.6) is 0 Å². The van der Waals surface area contributed by atoms with Crippen molar-refractivity contribution in [1.82, 2.24) is 4.98 Å². The van der Waals surface area contributed by atoms with Crippen molar-refractivity contribution in [2.24, 2.45) is 0 Å². The van der Waals surface area contributed by atoms with Crippen LogP contribution in [0.25, 0.3) is 55.1 Å². The summed E-state index contributed by atoms with van der Waals surface area (Å²) in [6.45, 7) is 2.33. The highest BCUT2D eigenvalue weighted by molar-refractivity contribution is 6.77. The molecule has 6 aromatic rings. The predicted molar refractivity (Wildman–Crippen MR) is 168 cm³/mol. The van der Waals surface area contributed by atoms with Crippen LogP contribution in [0.2, 0.25) is 25.2 Å². The van der Waals surface area contributed by atoms with E-state index in [9.17, 15) is 6.63 Å². The summed E-state index contributed by atoms with van der Waals surface area (Å²) < 4.78 is 40.9. The van der Waals surface area contributed by atoms with Crippen molar-refractivity contribution in [2.45, 2.75) is 50.8 Å². The lowest BCUT2D eigenvalue weighted by atomic mass is 9.89. The largest absolute Gasteiger partial charge is 0.455 e. The number of nitrogens with zero attached hydrogens (tertiary/aromatic N) is 2. The molecule has 4 aromatic carbocycles. The molecule has 40 heavy (non-hydrogen) atoms. The molecule has 1 fully saturated rings. The Bertz CT molecular complexity index is 2130. The fourth-order valence-electron chi connectivity index (χ4n) is 6.18. The molecule has 4 heteroatoms. The van der Waals surface area contributed by atoms with Crippen LogP contribution in [-0.4, -0.2) is 13.1 Å². The molecule has 0 spiro atoms. The van der Waals surface area contributed by atoms with Crippen molar-refractivity contribution in [2.75, 3.05) is 0 Å². The average molecular weight is 541 g/mol.